The van der Waals surface area contributed by atoms with Crippen LogP contribution in [0.5, 0.6) is 0 Å². The molecule has 1 N–H and O–H groups in total. The maximum atomic E-state index is 13.8. The Labute approximate surface area is 274 Å². The van der Waals surface area contributed by atoms with Crippen molar-refractivity contribution in [2.24, 2.45) is 47.3 Å². The van der Waals surface area contributed by atoms with Crippen LogP contribution in [0.25, 0.3) is 0 Å². The summed E-state index contributed by atoms with van der Waals surface area (Å²) in [5, 5.41) is 11.8. The molecule has 1 saturated heterocycles. The highest BCUT2D eigenvalue weighted by atomic mass is 28.4. The van der Waals surface area contributed by atoms with Crippen molar-refractivity contribution in [1.82, 2.24) is 0 Å². The number of esters is 1. The lowest BCUT2D eigenvalue weighted by atomic mass is 9.69. The van der Waals surface area contributed by atoms with Crippen LogP contribution in [0.3, 0.4) is 0 Å². The Kier molecular flexibility index (Phi) is 13.7. The minimum Gasteiger partial charge on any atom is -0.465 e. The van der Waals surface area contributed by atoms with Crippen LogP contribution in [-0.2, 0) is 33.0 Å². The van der Waals surface area contributed by atoms with Crippen molar-refractivity contribution < 1.29 is 38.1 Å². The number of carbonyl (C=O) groups excluding carboxylic acids is 3. The van der Waals surface area contributed by atoms with Crippen molar-refractivity contribution in [2.45, 2.75) is 152 Å². The van der Waals surface area contributed by atoms with Crippen LogP contribution in [0.15, 0.2) is 11.3 Å². The second-order valence-electron chi connectivity index (χ2n) is 15.5. The van der Waals surface area contributed by atoms with Crippen LogP contribution in [-0.4, -0.2) is 61.2 Å². The first-order valence-corrected chi connectivity index (χ1v) is 20.8. The van der Waals surface area contributed by atoms with Crippen molar-refractivity contribution >= 4 is 25.9 Å². The maximum absolute atomic E-state index is 13.8. The van der Waals surface area contributed by atoms with Gasteiger partial charge in [-0.05, 0) is 52.2 Å². The van der Waals surface area contributed by atoms with Crippen LogP contribution in [0.1, 0.15) is 102 Å². The first-order chi connectivity index (χ1) is 20.6. The van der Waals surface area contributed by atoms with Gasteiger partial charge in [0.25, 0.3) is 0 Å². The minimum absolute atomic E-state index is 0.0131. The van der Waals surface area contributed by atoms with Gasteiger partial charge >= 0.3 is 5.97 Å². The summed E-state index contributed by atoms with van der Waals surface area (Å²) >= 11 is 0. The molecule has 0 aromatic heterocycles. The third kappa shape index (κ3) is 8.68. The summed E-state index contributed by atoms with van der Waals surface area (Å²) in [4.78, 5) is 40.6. The van der Waals surface area contributed by atoms with E-state index in [9.17, 15) is 19.5 Å². The van der Waals surface area contributed by atoms with Gasteiger partial charge in [-0.2, -0.15) is 0 Å². The van der Waals surface area contributed by atoms with Crippen LogP contribution >= 0.6 is 0 Å². The quantitative estimate of drug-likeness (QED) is 0.153. The fourth-order valence-corrected chi connectivity index (χ4v) is 8.55. The standard InChI is InChI=1S/C36H64O8Si/c1-16-20(5)33-24(9)32(40)26(11)36(42-33)27(12)35(41-29(37)18-19(3)4)25(10)34(43-36)23(8)31(39)22(7)30(38)21(6)28(17-2)44-45(13,14)15/h19-23,25-28,31,34-35,39H,16-18H2,1-15H3/t20-,21-,22+,23+,25-,26+,27+,28+,31-,34+,35+,36-/m0/s1. The van der Waals surface area contributed by atoms with Crippen molar-refractivity contribution in [3.05, 3.63) is 11.3 Å². The van der Waals surface area contributed by atoms with E-state index in [1.165, 1.54) is 0 Å². The molecule has 2 rings (SSSR count). The van der Waals surface area contributed by atoms with Crippen LogP contribution in [0.2, 0.25) is 19.6 Å². The lowest BCUT2D eigenvalue weighted by molar-refractivity contribution is -0.353. The van der Waals surface area contributed by atoms with E-state index in [0.717, 1.165) is 6.42 Å². The van der Waals surface area contributed by atoms with Gasteiger partial charge in [-0.15, -0.1) is 0 Å². The van der Waals surface area contributed by atoms with Gasteiger partial charge in [-0.3, -0.25) is 14.4 Å². The molecule has 9 heteroatoms. The molecule has 0 aliphatic carbocycles. The van der Waals surface area contributed by atoms with Crippen molar-refractivity contribution in [1.29, 1.82) is 0 Å². The van der Waals surface area contributed by atoms with Gasteiger partial charge < -0.3 is 23.7 Å². The summed E-state index contributed by atoms with van der Waals surface area (Å²) in [6.45, 7) is 29.4. The van der Waals surface area contributed by atoms with E-state index < -0.39 is 56.1 Å². The number of hydrogen-bond acceptors (Lipinski definition) is 8. The third-order valence-electron chi connectivity index (χ3n) is 10.3. The number of rotatable bonds is 14. The number of aliphatic hydroxyl groups is 1. The van der Waals surface area contributed by atoms with E-state index in [0.29, 0.717) is 17.8 Å². The molecule has 12 atom stereocenters. The number of Topliss-reactive ketones (excluding diaryl/α,β-unsaturated/α-hetero) is 2. The average Bonchev–Trinajstić information content (AvgIpc) is 2.96. The normalized spacial score (nSPS) is 31.7. The fraction of sp³-hybridized carbons (Fsp3) is 0.861. The second-order valence-corrected chi connectivity index (χ2v) is 20.0. The Morgan fingerprint density at radius 3 is 2.04 bits per heavy atom. The molecule has 0 unspecified atom stereocenters. The van der Waals surface area contributed by atoms with E-state index in [2.05, 4.69) is 19.6 Å². The van der Waals surface area contributed by atoms with Gasteiger partial charge in [0.05, 0.1) is 30.1 Å². The van der Waals surface area contributed by atoms with Gasteiger partial charge in [0, 0.05) is 41.6 Å². The van der Waals surface area contributed by atoms with Gasteiger partial charge in [0.1, 0.15) is 17.6 Å². The van der Waals surface area contributed by atoms with Crippen LogP contribution < -0.4 is 0 Å². The molecule has 1 fully saturated rings. The van der Waals surface area contributed by atoms with Crippen molar-refractivity contribution in [2.75, 3.05) is 0 Å². The number of hydrogen-bond donors (Lipinski definition) is 1. The molecule has 0 saturated carbocycles. The third-order valence-corrected chi connectivity index (χ3v) is 11.3. The molecule has 2 aliphatic rings. The second kappa shape index (κ2) is 15.6. The SMILES string of the molecule is CC[C@H](C)C1=C(C)C(=O)[C@@H](C)[C@]2(O1)O[C@H]([C@H](C)[C@@H](O)[C@H](C)C(=O)[C@@H](C)[C@@H](CC)O[Si](C)(C)C)[C@H](C)[C@@H](OC(=O)CC(C)C)[C@H]2C. The van der Waals surface area contributed by atoms with Gasteiger partial charge in [-0.25, -0.2) is 0 Å². The van der Waals surface area contributed by atoms with E-state index in [-0.39, 0.29) is 53.7 Å². The fourth-order valence-electron chi connectivity index (χ4n) is 7.27. The van der Waals surface area contributed by atoms with Gasteiger partial charge in [0.2, 0.25) is 5.79 Å². The molecule has 2 aliphatic heterocycles. The smallest absolute Gasteiger partial charge is 0.306 e. The summed E-state index contributed by atoms with van der Waals surface area (Å²) in [5.41, 5.74) is 0.592. The Hall–Kier alpha value is -1.55. The zero-order valence-corrected chi connectivity index (χ0v) is 31.9. The molecular formula is C36H64O8Si. The number of allylic oxidation sites excluding steroid dienone is 2. The highest BCUT2D eigenvalue weighted by Gasteiger charge is 2.62. The Balaban J connectivity index is 2.53. The molecule has 8 nitrogen and oxygen atoms in total. The Morgan fingerprint density at radius 1 is 0.978 bits per heavy atom. The maximum Gasteiger partial charge on any atom is 0.306 e. The molecule has 1 spiro atoms. The summed E-state index contributed by atoms with van der Waals surface area (Å²) in [5.74, 6) is -4.21. The number of ether oxygens (including phenoxy) is 3. The monoisotopic (exact) mass is 652 g/mol. The topological polar surface area (TPSA) is 108 Å². The minimum atomic E-state index is -1.89. The molecular weight excluding hydrogens is 588 g/mol. The van der Waals surface area contributed by atoms with E-state index in [1.807, 2.05) is 69.2 Å². The summed E-state index contributed by atoms with van der Waals surface area (Å²) in [6.07, 6.45) is -0.808. The van der Waals surface area contributed by atoms with Gasteiger partial charge in [0.15, 0.2) is 14.1 Å². The first-order valence-electron chi connectivity index (χ1n) is 17.4. The van der Waals surface area contributed by atoms with E-state index >= 15 is 0 Å². The zero-order valence-electron chi connectivity index (χ0n) is 30.9. The predicted molar refractivity (Wildman–Crippen MR) is 180 cm³/mol. The number of carbonyl (C=O) groups is 3. The molecule has 2 heterocycles. The summed E-state index contributed by atoms with van der Waals surface area (Å²) in [7, 11) is -1.89. The molecule has 0 radical (unpaired) electrons. The highest BCUT2D eigenvalue weighted by molar-refractivity contribution is 6.69. The summed E-state index contributed by atoms with van der Waals surface area (Å²) in [6, 6.07) is 0. The predicted octanol–water partition coefficient (Wildman–Crippen LogP) is 7.34. The largest absolute Gasteiger partial charge is 0.465 e. The van der Waals surface area contributed by atoms with Crippen molar-refractivity contribution in [3.8, 4) is 0 Å². The molecule has 0 aromatic carbocycles. The lowest BCUT2D eigenvalue weighted by Crippen LogP contribution is -2.66. The zero-order chi connectivity index (χ0) is 34.8. The van der Waals surface area contributed by atoms with Crippen molar-refractivity contribution in [3.63, 3.8) is 0 Å². The van der Waals surface area contributed by atoms with E-state index in [1.54, 1.807) is 13.8 Å². The summed E-state index contributed by atoms with van der Waals surface area (Å²) < 4.78 is 26.3. The van der Waals surface area contributed by atoms with E-state index in [4.69, 9.17) is 18.6 Å². The first kappa shape index (κ1) is 39.6. The highest BCUT2D eigenvalue weighted by Crippen LogP contribution is 2.51. The molecule has 260 valence electrons. The molecule has 45 heavy (non-hydrogen) atoms. The Bertz CT molecular complexity index is 1080. The number of ketones is 2. The van der Waals surface area contributed by atoms with Crippen LogP contribution in [0.4, 0.5) is 0 Å². The van der Waals surface area contributed by atoms with Gasteiger partial charge in [-0.1, -0.05) is 69.2 Å². The molecule has 0 amide bonds. The van der Waals surface area contributed by atoms with Crippen LogP contribution in [0, 0.1) is 47.3 Å². The molecule has 0 bridgehead atoms. The average molecular weight is 653 g/mol. The number of aliphatic hydroxyl groups excluding tert-OH is 1. The molecule has 0 aromatic rings. The lowest BCUT2D eigenvalue weighted by Gasteiger charge is -2.56. The Morgan fingerprint density at radius 2 is 1.56 bits per heavy atom.